The first-order valence-corrected chi connectivity index (χ1v) is 8.32. The number of carboxylic acids is 1. The van der Waals surface area contributed by atoms with Gasteiger partial charge in [-0.15, -0.1) is 0 Å². The fraction of sp³-hybridized carbons (Fsp3) is 0.300. The Morgan fingerprint density at radius 3 is 2.52 bits per heavy atom. The van der Waals surface area contributed by atoms with Gasteiger partial charge in [0.25, 0.3) is 0 Å². The number of hydrogen-bond acceptors (Lipinski definition) is 3. The van der Waals surface area contributed by atoms with Gasteiger partial charge in [-0.2, -0.15) is 0 Å². The molecule has 1 aliphatic carbocycles. The Bertz CT molecular complexity index is 766. The molecule has 0 radical (unpaired) electrons. The normalized spacial score (nSPS) is 14.6. The lowest BCUT2D eigenvalue weighted by Crippen LogP contribution is -2.31. The summed E-state index contributed by atoms with van der Waals surface area (Å²) in [7, 11) is 1.63. The number of aromatic carboxylic acids is 1. The molecule has 2 N–H and O–H groups in total. The van der Waals surface area contributed by atoms with Crippen molar-refractivity contribution in [3.8, 4) is 5.75 Å². The fourth-order valence-corrected chi connectivity index (χ4v) is 2.94. The van der Waals surface area contributed by atoms with Crippen LogP contribution in [-0.2, 0) is 11.2 Å². The van der Waals surface area contributed by atoms with Crippen molar-refractivity contribution in [2.24, 2.45) is 5.92 Å². The third kappa shape index (κ3) is 4.38. The number of ether oxygens (including phenoxy) is 1. The van der Waals surface area contributed by atoms with Gasteiger partial charge >= 0.3 is 5.97 Å². The second-order valence-corrected chi connectivity index (χ2v) is 6.34. The van der Waals surface area contributed by atoms with Crippen molar-refractivity contribution in [2.75, 3.05) is 7.11 Å². The van der Waals surface area contributed by atoms with E-state index in [9.17, 15) is 9.59 Å². The maximum absolute atomic E-state index is 12.4. The second-order valence-electron chi connectivity index (χ2n) is 6.34. The molecule has 2 aromatic carbocycles. The molecule has 1 atom stereocenters. The Morgan fingerprint density at radius 2 is 1.92 bits per heavy atom. The number of hydrogen-bond donors (Lipinski definition) is 2. The number of benzene rings is 2. The zero-order valence-electron chi connectivity index (χ0n) is 14.1. The van der Waals surface area contributed by atoms with Gasteiger partial charge in [0.05, 0.1) is 25.1 Å². The summed E-state index contributed by atoms with van der Waals surface area (Å²) in [4.78, 5) is 23.5. The van der Waals surface area contributed by atoms with Gasteiger partial charge in [0.2, 0.25) is 5.91 Å². The van der Waals surface area contributed by atoms with E-state index in [1.54, 1.807) is 25.3 Å². The van der Waals surface area contributed by atoms with Gasteiger partial charge in [0.1, 0.15) is 5.75 Å². The molecule has 130 valence electrons. The van der Waals surface area contributed by atoms with Gasteiger partial charge in [-0.25, -0.2) is 4.79 Å². The molecule has 3 rings (SSSR count). The maximum Gasteiger partial charge on any atom is 0.335 e. The first-order valence-electron chi connectivity index (χ1n) is 8.32. The highest BCUT2D eigenvalue weighted by Gasteiger charge is 2.33. The van der Waals surface area contributed by atoms with Crippen LogP contribution in [0.4, 0.5) is 0 Å². The fourth-order valence-electron chi connectivity index (χ4n) is 2.94. The molecule has 1 amide bonds. The van der Waals surface area contributed by atoms with Crippen molar-refractivity contribution in [1.82, 2.24) is 5.32 Å². The van der Waals surface area contributed by atoms with Crippen LogP contribution in [0.2, 0.25) is 0 Å². The van der Waals surface area contributed by atoms with Gasteiger partial charge in [-0.3, -0.25) is 4.79 Å². The Balaban J connectivity index is 1.68. The molecule has 5 heteroatoms. The van der Waals surface area contributed by atoms with Crippen LogP contribution in [0.15, 0.2) is 48.5 Å². The van der Waals surface area contributed by atoms with Crippen molar-refractivity contribution in [3.05, 3.63) is 65.2 Å². The van der Waals surface area contributed by atoms with Crippen LogP contribution in [-0.4, -0.2) is 24.1 Å². The first-order chi connectivity index (χ1) is 12.1. The summed E-state index contributed by atoms with van der Waals surface area (Å²) in [6.45, 7) is 0. The zero-order chi connectivity index (χ0) is 17.8. The minimum absolute atomic E-state index is 0.0129. The van der Waals surface area contributed by atoms with Crippen LogP contribution < -0.4 is 10.1 Å². The molecule has 2 aromatic rings. The van der Waals surface area contributed by atoms with E-state index in [1.165, 1.54) is 6.07 Å². The number of nitrogens with one attached hydrogen (secondary N) is 1. The summed E-state index contributed by atoms with van der Waals surface area (Å²) in [6, 6.07) is 14.2. The molecule has 1 fully saturated rings. The Labute approximate surface area is 146 Å². The zero-order valence-corrected chi connectivity index (χ0v) is 14.1. The number of methoxy groups -OCH3 is 1. The summed E-state index contributed by atoms with van der Waals surface area (Å²) in [5, 5.41) is 12.2. The molecule has 0 spiro atoms. The van der Waals surface area contributed by atoms with Crippen molar-refractivity contribution >= 4 is 11.9 Å². The number of carboxylic acid groups (broad SMARTS) is 1. The van der Waals surface area contributed by atoms with Crippen molar-refractivity contribution in [1.29, 1.82) is 0 Å². The molecule has 25 heavy (non-hydrogen) atoms. The minimum atomic E-state index is -0.989. The van der Waals surface area contributed by atoms with Crippen LogP contribution in [0, 0.1) is 5.92 Å². The van der Waals surface area contributed by atoms with Gasteiger partial charge in [-0.05, 0) is 54.2 Å². The second kappa shape index (κ2) is 7.38. The highest BCUT2D eigenvalue weighted by atomic mass is 16.5. The Kier molecular flexibility index (Phi) is 5.03. The minimum Gasteiger partial charge on any atom is -0.497 e. The molecule has 0 saturated heterocycles. The van der Waals surface area contributed by atoms with E-state index in [1.807, 2.05) is 24.3 Å². The summed E-state index contributed by atoms with van der Waals surface area (Å²) >= 11 is 0. The van der Waals surface area contributed by atoms with Crippen LogP contribution >= 0.6 is 0 Å². The van der Waals surface area contributed by atoms with Crippen molar-refractivity contribution in [2.45, 2.75) is 25.3 Å². The van der Waals surface area contributed by atoms with E-state index in [0.717, 1.165) is 24.2 Å². The predicted octanol–water partition coefficient (Wildman–Crippen LogP) is 3.20. The van der Waals surface area contributed by atoms with Crippen molar-refractivity contribution in [3.63, 3.8) is 0 Å². The highest BCUT2D eigenvalue weighted by molar-refractivity contribution is 5.88. The average molecular weight is 339 g/mol. The molecule has 5 nitrogen and oxygen atoms in total. The molecular formula is C20H21NO4. The third-order valence-electron chi connectivity index (χ3n) is 4.42. The third-order valence-corrected chi connectivity index (χ3v) is 4.42. The van der Waals surface area contributed by atoms with Gasteiger partial charge in [0.15, 0.2) is 0 Å². The standard InChI is InChI=1S/C20H21NO4/c1-25-17-9-7-15(8-10-17)19(14-5-6-14)21-18(22)12-13-3-2-4-16(11-13)20(23)24/h2-4,7-11,14,19H,5-6,12H2,1H3,(H,21,22)(H,23,24). The SMILES string of the molecule is COc1ccc(C(NC(=O)Cc2cccc(C(=O)O)c2)C2CC2)cc1. The lowest BCUT2D eigenvalue weighted by Gasteiger charge is -2.19. The lowest BCUT2D eigenvalue weighted by atomic mass is 10.0. The van der Waals surface area contributed by atoms with E-state index in [-0.39, 0.29) is 23.9 Å². The largest absolute Gasteiger partial charge is 0.497 e. The van der Waals surface area contributed by atoms with Gasteiger partial charge in [-0.1, -0.05) is 24.3 Å². The number of carbonyl (C=O) groups is 2. The molecule has 1 saturated carbocycles. The van der Waals surface area contributed by atoms with Crippen LogP contribution in [0.5, 0.6) is 5.75 Å². The quantitative estimate of drug-likeness (QED) is 0.812. The van der Waals surface area contributed by atoms with Gasteiger partial charge < -0.3 is 15.2 Å². The molecule has 1 aliphatic rings. The molecule has 1 unspecified atom stereocenters. The molecule has 0 aliphatic heterocycles. The maximum atomic E-state index is 12.4. The average Bonchev–Trinajstić information content (AvgIpc) is 3.45. The van der Waals surface area contributed by atoms with E-state index < -0.39 is 5.97 Å². The van der Waals surface area contributed by atoms with Crippen LogP contribution in [0.1, 0.15) is 40.4 Å². The first kappa shape index (κ1) is 17.0. The predicted molar refractivity (Wildman–Crippen MR) is 93.7 cm³/mol. The Hall–Kier alpha value is -2.82. The van der Waals surface area contributed by atoms with Crippen LogP contribution in [0.3, 0.4) is 0 Å². The highest BCUT2D eigenvalue weighted by Crippen LogP contribution is 2.41. The number of carbonyl (C=O) groups excluding carboxylic acids is 1. The van der Waals surface area contributed by atoms with E-state index in [0.29, 0.717) is 11.5 Å². The van der Waals surface area contributed by atoms with Crippen LogP contribution in [0.25, 0.3) is 0 Å². The monoisotopic (exact) mass is 339 g/mol. The van der Waals surface area contributed by atoms with E-state index in [4.69, 9.17) is 9.84 Å². The topological polar surface area (TPSA) is 75.6 Å². The summed E-state index contributed by atoms with van der Waals surface area (Å²) in [5.74, 6) is 0.157. The van der Waals surface area contributed by atoms with Crippen molar-refractivity contribution < 1.29 is 19.4 Å². The lowest BCUT2D eigenvalue weighted by molar-refractivity contribution is -0.121. The van der Waals surface area contributed by atoms with Gasteiger partial charge in [0, 0.05) is 0 Å². The van der Waals surface area contributed by atoms with E-state index in [2.05, 4.69) is 5.32 Å². The number of amides is 1. The number of rotatable bonds is 7. The molecular weight excluding hydrogens is 318 g/mol. The Morgan fingerprint density at radius 1 is 1.20 bits per heavy atom. The molecule has 0 bridgehead atoms. The van der Waals surface area contributed by atoms with E-state index >= 15 is 0 Å². The molecule has 0 heterocycles. The smallest absolute Gasteiger partial charge is 0.335 e. The summed E-state index contributed by atoms with van der Waals surface area (Å²) in [6.07, 6.45) is 2.37. The molecule has 0 aromatic heterocycles. The summed E-state index contributed by atoms with van der Waals surface area (Å²) < 4.78 is 5.18. The summed E-state index contributed by atoms with van der Waals surface area (Å²) in [5.41, 5.74) is 1.96.